The Balaban J connectivity index is 2.38. The van der Waals surface area contributed by atoms with Crippen molar-refractivity contribution in [1.82, 2.24) is 10.2 Å². The van der Waals surface area contributed by atoms with Gasteiger partial charge in [-0.15, -0.1) is 0 Å². The van der Waals surface area contributed by atoms with Gasteiger partial charge in [0.15, 0.2) is 0 Å². The summed E-state index contributed by atoms with van der Waals surface area (Å²) in [6.07, 6.45) is 0. The number of benzene rings is 1. The fourth-order valence-electron chi connectivity index (χ4n) is 1.21. The van der Waals surface area contributed by atoms with Crippen LogP contribution in [0.2, 0.25) is 0 Å². The first kappa shape index (κ1) is 12.4. The fraction of sp³-hybridized carbons (Fsp3) is 0.273. The first-order chi connectivity index (χ1) is 7.59. The third-order valence-corrected chi connectivity index (χ3v) is 2.16. The van der Waals surface area contributed by atoms with Crippen LogP contribution >= 0.6 is 12.2 Å². The van der Waals surface area contributed by atoms with Gasteiger partial charge in [0.1, 0.15) is 0 Å². The number of carbonyl (C=O) groups excluding carboxylic acids is 1. The second kappa shape index (κ2) is 6.07. The van der Waals surface area contributed by atoms with E-state index in [0.29, 0.717) is 11.5 Å². The molecule has 0 aromatic heterocycles. The molecule has 0 saturated carbocycles. The van der Waals surface area contributed by atoms with E-state index in [1.165, 1.54) is 4.90 Å². The van der Waals surface area contributed by atoms with Gasteiger partial charge < -0.3 is 16.0 Å². The highest BCUT2D eigenvalue weighted by Gasteiger charge is 2.07. The predicted octanol–water partition coefficient (Wildman–Crippen LogP) is 1.11. The van der Waals surface area contributed by atoms with E-state index in [-0.39, 0.29) is 12.6 Å². The van der Waals surface area contributed by atoms with Crippen molar-refractivity contribution in [2.24, 2.45) is 5.73 Å². The number of likely N-dealkylation sites (N-methyl/N-ethyl adjacent to an activating group) is 1. The molecular weight excluding hydrogens is 222 g/mol. The number of urea groups is 1. The number of rotatable bonds is 4. The Kier molecular flexibility index (Phi) is 4.72. The lowest BCUT2D eigenvalue weighted by molar-refractivity contribution is 0.214. The maximum absolute atomic E-state index is 11.6. The Morgan fingerprint density at radius 1 is 1.44 bits per heavy atom. The molecule has 0 unspecified atom stereocenters. The fourth-order valence-corrected chi connectivity index (χ4v) is 1.41. The van der Waals surface area contributed by atoms with E-state index in [1.54, 1.807) is 7.05 Å². The number of carbonyl (C=O) groups is 1. The van der Waals surface area contributed by atoms with Gasteiger partial charge in [-0.3, -0.25) is 0 Å². The molecule has 4 nitrogen and oxygen atoms in total. The number of nitrogens with one attached hydrogen (secondary N) is 1. The molecule has 0 aliphatic carbocycles. The molecule has 5 heteroatoms. The summed E-state index contributed by atoms with van der Waals surface area (Å²) in [7, 11) is 1.65. The maximum Gasteiger partial charge on any atom is 0.317 e. The van der Waals surface area contributed by atoms with Crippen molar-refractivity contribution in [1.29, 1.82) is 0 Å². The van der Waals surface area contributed by atoms with Crippen molar-refractivity contribution < 1.29 is 4.79 Å². The summed E-state index contributed by atoms with van der Waals surface area (Å²) < 4.78 is 0. The average Bonchev–Trinajstić information content (AvgIpc) is 2.26. The van der Waals surface area contributed by atoms with E-state index in [2.05, 4.69) is 5.32 Å². The van der Waals surface area contributed by atoms with Crippen molar-refractivity contribution in [3.8, 4) is 0 Å². The standard InChI is InChI=1S/C11H15N3OS/c1-14(8-10(12)16)11(15)13-7-9-5-3-2-4-6-9/h2-6H,7-8H2,1H3,(H2,12,16)(H,13,15). The van der Waals surface area contributed by atoms with Gasteiger partial charge in [-0.1, -0.05) is 42.5 Å². The van der Waals surface area contributed by atoms with E-state index in [1.807, 2.05) is 30.3 Å². The first-order valence-corrected chi connectivity index (χ1v) is 5.31. The number of amides is 2. The van der Waals surface area contributed by atoms with Crippen LogP contribution in [0.15, 0.2) is 30.3 Å². The largest absolute Gasteiger partial charge is 0.392 e. The Labute approximate surface area is 100 Å². The second-order valence-electron chi connectivity index (χ2n) is 3.47. The third kappa shape index (κ3) is 4.27. The number of thiocarbonyl (C=S) groups is 1. The third-order valence-electron chi connectivity index (χ3n) is 2.03. The summed E-state index contributed by atoms with van der Waals surface area (Å²) in [4.78, 5) is 13.3. The molecule has 0 aliphatic rings. The van der Waals surface area contributed by atoms with Crippen molar-refractivity contribution in [2.75, 3.05) is 13.6 Å². The minimum Gasteiger partial charge on any atom is -0.392 e. The van der Waals surface area contributed by atoms with Gasteiger partial charge in [0, 0.05) is 13.6 Å². The molecule has 0 fully saturated rings. The monoisotopic (exact) mass is 237 g/mol. The van der Waals surface area contributed by atoms with Crippen molar-refractivity contribution in [2.45, 2.75) is 6.54 Å². The summed E-state index contributed by atoms with van der Waals surface area (Å²) >= 11 is 4.72. The van der Waals surface area contributed by atoms with Crippen LogP contribution in [-0.2, 0) is 6.54 Å². The van der Waals surface area contributed by atoms with E-state index in [0.717, 1.165) is 5.56 Å². The normalized spacial score (nSPS) is 9.56. The quantitative estimate of drug-likeness (QED) is 0.771. The summed E-state index contributed by atoms with van der Waals surface area (Å²) in [5.41, 5.74) is 6.40. The molecule has 1 aromatic carbocycles. The van der Waals surface area contributed by atoms with Crippen LogP contribution < -0.4 is 11.1 Å². The van der Waals surface area contributed by atoms with Gasteiger partial charge in [0.2, 0.25) is 0 Å². The van der Waals surface area contributed by atoms with E-state index in [4.69, 9.17) is 18.0 Å². The van der Waals surface area contributed by atoms with Gasteiger partial charge in [-0.2, -0.15) is 0 Å². The highest BCUT2D eigenvalue weighted by Crippen LogP contribution is 1.97. The Morgan fingerprint density at radius 2 is 2.06 bits per heavy atom. The van der Waals surface area contributed by atoms with Gasteiger partial charge in [-0.25, -0.2) is 4.79 Å². The van der Waals surface area contributed by atoms with Crippen molar-refractivity contribution in [3.63, 3.8) is 0 Å². The molecule has 0 atom stereocenters. The highest BCUT2D eigenvalue weighted by atomic mass is 32.1. The molecule has 0 spiro atoms. The van der Waals surface area contributed by atoms with Crippen LogP contribution in [-0.4, -0.2) is 29.5 Å². The molecule has 2 amide bonds. The van der Waals surface area contributed by atoms with E-state index >= 15 is 0 Å². The molecular formula is C11H15N3OS. The highest BCUT2D eigenvalue weighted by molar-refractivity contribution is 7.80. The number of hydrogen-bond donors (Lipinski definition) is 2. The zero-order chi connectivity index (χ0) is 12.0. The molecule has 1 rings (SSSR count). The lowest BCUT2D eigenvalue weighted by Gasteiger charge is -2.16. The Bertz CT molecular complexity index is 367. The van der Waals surface area contributed by atoms with Crippen molar-refractivity contribution in [3.05, 3.63) is 35.9 Å². The Hall–Kier alpha value is -1.62. The molecule has 86 valence electrons. The molecule has 0 bridgehead atoms. The zero-order valence-electron chi connectivity index (χ0n) is 9.14. The van der Waals surface area contributed by atoms with Gasteiger partial charge >= 0.3 is 6.03 Å². The smallest absolute Gasteiger partial charge is 0.317 e. The second-order valence-corrected chi connectivity index (χ2v) is 3.99. The van der Waals surface area contributed by atoms with Crippen LogP contribution in [0.25, 0.3) is 0 Å². The first-order valence-electron chi connectivity index (χ1n) is 4.91. The zero-order valence-corrected chi connectivity index (χ0v) is 9.96. The average molecular weight is 237 g/mol. The van der Waals surface area contributed by atoms with Gasteiger partial charge in [-0.05, 0) is 5.56 Å². The summed E-state index contributed by atoms with van der Waals surface area (Å²) in [5, 5.41) is 2.78. The summed E-state index contributed by atoms with van der Waals surface area (Å²) in [6.45, 7) is 0.789. The molecule has 0 heterocycles. The van der Waals surface area contributed by atoms with E-state index < -0.39 is 0 Å². The lowest BCUT2D eigenvalue weighted by Crippen LogP contribution is -2.41. The molecule has 0 saturated heterocycles. The van der Waals surface area contributed by atoms with E-state index in [9.17, 15) is 4.79 Å². The summed E-state index contributed by atoms with van der Waals surface area (Å²) in [5.74, 6) is 0. The minimum absolute atomic E-state index is 0.184. The van der Waals surface area contributed by atoms with Crippen molar-refractivity contribution >= 4 is 23.2 Å². The van der Waals surface area contributed by atoms with Crippen LogP contribution in [0, 0.1) is 0 Å². The molecule has 0 aliphatic heterocycles. The number of nitrogens with two attached hydrogens (primary N) is 1. The van der Waals surface area contributed by atoms with Crippen LogP contribution in [0.5, 0.6) is 0 Å². The number of nitrogens with zero attached hydrogens (tertiary/aromatic N) is 1. The SMILES string of the molecule is CN(CC(N)=S)C(=O)NCc1ccccc1. The summed E-state index contributed by atoms with van der Waals surface area (Å²) in [6, 6.07) is 9.52. The topological polar surface area (TPSA) is 58.4 Å². The molecule has 0 radical (unpaired) electrons. The molecule has 1 aromatic rings. The molecule has 3 N–H and O–H groups in total. The Morgan fingerprint density at radius 3 is 2.62 bits per heavy atom. The van der Waals surface area contributed by atoms with Crippen LogP contribution in [0.3, 0.4) is 0 Å². The minimum atomic E-state index is -0.184. The van der Waals surface area contributed by atoms with Gasteiger partial charge in [0.25, 0.3) is 0 Å². The van der Waals surface area contributed by atoms with Crippen LogP contribution in [0.1, 0.15) is 5.56 Å². The van der Waals surface area contributed by atoms with Gasteiger partial charge in [0.05, 0.1) is 11.5 Å². The number of hydrogen-bond acceptors (Lipinski definition) is 2. The lowest BCUT2D eigenvalue weighted by atomic mass is 10.2. The maximum atomic E-state index is 11.6. The molecule has 16 heavy (non-hydrogen) atoms. The predicted molar refractivity (Wildman–Crippen MR) is 68.1 cm³/mol. The van der Waals surface area contributed by atoms with Crippen LogP contribution in [0.4, 0.5) is 4.79 Å².